The summed E-state index contributed by atoms with van der Waals surface area (Å²) in [5, 5.41) is 1.31. The van der Waals surface area contributed by atoms with Crippen molar-refractivity contribution < 1.29 is 14.3 Å². The number of methoxy groups -OCH3 is 1. The van der Waals surface area contributed by atoms with Gasteiger partial charge in [0.2, 0.25) is 0 Å². The van der Waals surface area contributed by atoms with Crippen LogP contribution in [0, 0.1) is 0 Å². The number of benzene rings is 3. The van der Waals surface area contributed by atoms with E-state index in [1.165, 1.54) is 11.8 Å². The first-order valence-corrected chi connectivity index (χ1v) is 12.2. The van der Waals surface area contributed by atoms with E-state index in [1.807, 2.05) is 73.7 Å². The minimum atomic E-state index is -0.0528. The molecule has 34 heavy (non-hydrogen) atoms. The predicted octanol–water partition coefficient (Wildman–Crippen LogP) is 6.94. The number of thioether (sulfide) groups is 1. The van der Waals surface area contributed by atoms with Crippen LogP contribution >= 0.6 is 23.4 Å². The Bertz CT molecular complexity index is 1210. The molecule has 3 aromatic carbocycles. The van der Waals surface area contributed by atoms with Gasteiger partial charge in [0.05, 0.1) is 17.7 Å². The fourth-order valence-corrected chi connectivity index (χ4v) is 4.57. The van der Waals surface area contributed by atoms with Gasteiger partial charge in [0.1, 0.15) is 6.61 Å². The van der Waals surface area contributed by atoms with E-state index in [4.69, 9.17) is 21.1 Å². The lowest BCUT2D eigenvalue weighted by Crippen LogP contribution is -2.29. The molecule has 0 aromatic heterocycles. The van der Waals surface area contributed by atoms with Gasteiger partial charge in [0.25, 0.3) is 5.91 Å². The summed E-state index contributed by atoms with van der Waals surface area (Å²) in [6.07, 6.45) is 2.70. The molecule has 0 radical (unpaired) electrons. The van der Waals surface area contributed by atoms with E-state index >= 15 is 0 Å². The molecule has 0 N–H and O–H groups in total. The molecule has 1 heterocycles. The Hall–Kier alpha value is -3.22. The number of carbonyl (C=O) groups excluding carboxylic acids is 1. The first kappa shape index (κ1) is 23.9. The molecule has 1 fully saturated rings. The molecule has 5 nitrogen and oxygen atoms in total. The van der Waals surface area contributed by atoms with Crippen LogP contribution in [0.1, 0.15) is 24.5 Å². The van der Waals surface area contributed by atoms with E-state index in [0.717, 1.165) is 23.2 Å². The monoisotopic (exact) mass is 492 g/mol. The summed E-state index contributed by atoms with van der Waals surface area (Å²) in [6.45, 7) is 3.09. The highest BCUT2D eigenvalue weighted by Gasteiger charge is 2.32. The van der Waals surface area contributed by atoms with Gasteiger partial charge >= 0.3 is 0 Å². The SMILES string of the molecule is CCCN1C(=O)/C(=C/c2ccc(OCc3ccccc3)c(OC)c2)SC1=Nc1ccc(Cl)cc1. The summed E-state index contributed by atoms with van der Waals surface area (Å²) in [5.41, 5.74) is 2.68. The molecule has 1 saturated heterocycles. The van der Waals surface area contributed by atoms with Crippen LogP contribution in [0.25, 0.3) is 6.08 Å². The first-order valence-electron chi connectivity index (χ1n) is 11.0. The summed E-state index contributed by atoms with van der Waals surface area (Å²) < 4.78 is 11.5. The number of nitrogens with zero attached hydrogens (tertiary/aromatic N) is 2. The van der Waals surface area contributed by atoms with Gasteiger partial charge < -0.3 is 9.47 Å². The summed E-state index contributed by atoms with van der Waals surface area (Å²) >= 11 is 7.35. The van der Waals surface area contributed by atoms with Gasteiger partial charge in [-0.05, 0) is 71.8 Å². The van der Waals surface area contributed by atoms with Crippen LogP contribution in [0.3, 0.4) is 0 Å². The maximum atomic E-state index is 13.1. The highest BCUT2D eigenvalue weighted by molar-refractivity contribution is 8.18. The third-order valence-corrected chi connectivity index (χ3v) is 6.37. The van der Waals surface area contributed by atoms with Gasteiger partial charge in [-0.1, -0.05) is 54.9 Å². The molecular weight excluding hydrogens is 468 g/mol. The molecule has 1 aliphatic rings. The average molecular weight is 493 g/mol. The normalized spacial score (nSPS) is 15.9. The van der Waals surface area contributed by atoms with Crippen LogP contribution in [-0.2, 0) is 11.4 Å². The minimum Gasteiger partial charge on any atom is -0.493 e. The van der Waals surface area contributed by atoms with Crippen LogP contribution in [-0.4, -0.2) is 29.6 Å². The molecule has 0 bridgehead atoms. The van der Waals surface area contributed by atoms with Crippen LogP contribution in [0.5, 0.6) is 11.5 Å². The van der Waals surface area contributed by atoms with Crippen molar-refractivity contribution >= 4 is 46.2 Å². The topological polar surface area (TPSA) is 51.1 Å². The Kier molecular flexibility index (Phi) is 7.93. The van der Waals surface area contributed by atoms with E-state index in [1.54, 1.807) is 24.1 Å². The van der Waals surface area contributed by atoms with Crippen molar-refractivity contribution in [3.05, 3.63) is 93.9 Å². The fraction of sp³-hybridized carbons (Fsp3) is 0.185. The highest BCUT2D eigenvalue weighted by Crippen LogP contribution is 2.36. The molecule has 174 valence electrons. The quantitative estimate of drug-likeness (QED) is 0.319. The third-order valence-electron chi connectivity index (χ3n) is 5.11. The van der Waals surface area contributed by atoms with E-state index in [0.29, 0.717) is 39.7 Å². The number of halogens is 1. The zero-order valence-corrected chi connectivity index (χ0v) is 20.6. The van der Waals surface area contributed by atoms with E-state index in [9.17, 15) is 4.79 Å². The number of aliphatic imine (C=N–C) groups is 1. The third kappa shape index (κ3) is 5.82. The van der Waals surface area contributed by atoms with Crippen molar-refractivity contribution in [2.24, 2.45) is 4.99 Å². The summed E-state index contributed by atoms with van der Waals surface area (Å²) in [5.74, 6) is 1.21. The van der Waals surface area contributed by atoms with Crippen molar-refractivity contribution in [3.63, 3.8) is 0 Å². The van der Waals surface area contributed by atoms with Gasteiger partial charge in [0.15, 0.2) is 16.7 Å². The summed E-state index contributed by atoms with van der Waals surface area (Å²) in [7, 11) is 1.61. The number of amides is 1. The molecule has 7 heteroatoms. The molecule has 0 aliphatic carbocycles. The zero-order valence-electron chi connectivity index (χ0n) is 19.0. The van der Waals surface area contributed by atoms with Crippen molar-refractivity contribution in [2.75, 3.05) is 13.7 Å². The van der Waals surface area contributed by atoms with Crippen molar-refractivity contribution in [1.29, 1.82) is 0 Å². The highest BCUT2D eigenvalue weighted by atomic mass is 35.5. The number of rotatable bonds is 8. The molecule has 0 atom stereocenters. The van der Waals surface area contributed by atoms with Crippen molar-refractivity contribution in [3.8, 4) is 11.5 Å². The van der Waals surface area contributed by atoms with Crippen LogP contribution in [0.15, 0.2) is 82.7 Å². The zero-order chi connectivity index (χ0) is 23.9. The Morgan fingerprint density at radius 3 is 2.50 bits per heavy atom. The standard InChI is InChI=1S/C27H25ClN2O3S/c1-3-15-30-26(31)25(34-27(30)29-22-12-10-21(28)11-13-22)17-20-9-14-23(24(16-20)32-2)33-18-19-7-5-4-6-8-19/h4-14,16-17H,3,15,18H2,1-2H3/b25-17-,29-27?. The van der Waals surface area contributed by atoms with Crippen LogP contribution in [0.2, 0.25) is 5.02 Å². The average Bonchev–Trinajstić information content (AvgIpc) is 3.14. The minimum absolute atomic E-state index is 0.0528. The Morgan fingerprint density at radius 1 is 1.03 bits per heavy atom. The Balaban J connectivity index is 1.56. The lowest BCUT2D eigenvalue weighted by molar-refractivity contribution is -0.122. The maximum absolute atomic E-state index is 13.1. The number of hydrogen-bond acceptors (Lipinski definition) is 5. The number of ether oxygens (including phenoxy) is 2. The molecule has 0 spiro atoms. The molecule has 4 rings (SSSR count). The molecule has 1 aliphatic heterocycles. The summed E-state index contributed by atoms with van der Waals surface area (Å²) in [6, 6.07) is 22.9. The summed E-state index contributed by atoms with van der Waals surface area (Å²) in [4.78, 5) is 20.1. The number of amidine groups is 1. The molecule has 0 unspecified atom stereocenters. The van der Waals surface area contributed by atoms with E-state index < -0.39 is 0 Å². The van der Waals surface area contributed by atoms with Crippen LogP contribution < -0.4 is 9.47 Å². The van der Waals surface area contributed by atoms with Gasteiger partial charge in [0, 0.05) is 11.6 Å². The van der Waals surface area contributed by atoms with Gasteiger partial charge in [-0.15, -0.1) is 0 Å². The van der Waals surface area contributed by atoms with Gasteiger partial charge in [-0.2, -0.15) is 0 Å². The largest absolute Gasteiger partial charge is 0.493 e. The second-order valence-electron chi connectivity index (χ2n) is 7.62. The Morgan fingerprint density at radius 2 is 1.79 bits per heavy atom. The van der Waals surface area contributed by atoms with E-state index in [2.05, 4.69) is 4.99 Å². The number of carbonyl (C=O) groups is 1. The smallest absolute Gasteiger partial charge is 0.266 e. The lowest BCUT2D eigenvalue weighted by Gasteiger charge is -2.14. The number of hydrogen-bond donors (Lipinski definition) is 0. The fourth-order valence-electron chi connectivity index (χ4n) is 3.42. The Labute approximate surface area is 209 Å². The maximum Gasteiger partial charge on any atom is 0.266 e. The van der Waals surface area contributed by atoms with Crippen molar-refractivity contribution in [2.45, 2.75) is 20.0 Å². The molecule has 1 amide bonds. The molecular formula is C27H25ClN2O3S. The molecule has 3 aromatic rings. The first-order chi connectivity index (χ1) is 16.6. The second-order valence-corrected chi connectivity index (χ2v) is 9.07. The second kappa shape index (κ2) is 11.3. The lowest BCUT2D eigenvalue weighted by atomic mass is 10.1. The van der Waals surface area contributed by atoms with Crippen LogP contribution in [0.4, 0.5) is 5.69 Å². The van der Waals surface area contributed by atoms with Gasteiger partial charge in [-0.25, -0.2) is 4.99 Å². The predicted molar refractivity (Wildman–Crippen MR) is 140 cm³/mol. The van der Waals surface area contributed by atoms with Crippen molar-refractivity contribution in [1.82, 2.24) is 4.90 Å². The van der Waals surface area contributed by atoms with E-state index in [-0.39, 0.29) is 5.91 Å². The molecule has 0 saturated carbocycles. The van der Waals surface area contributed by atoms with Gasteiger partial charge in [-0.3, -0.25) is 9.69 Å².